The highest BCUT2D eigenvalue weighted by atomic mass is 127. The highest BCUT2D eigenvalue weighted by Gasteiger charge is 2.25. The first-order chi connectivity index (χ1) is 6.54. The molecule has 0 aliphatic rings. The van der Waals surface area contributed by atoms with E-state index in [2.05, 4.69) is 4.74 Å². The van der Waals surface area contributed by atoms with Gasteiger partial charge in [0.2, 0.25) is 11.6 Å². The summed E-state index contributed by atoms with van der Waals surface area (Å²) >= 11 is 1.61. The van der Waals surface area contributed by atoms with Crippen molar-refractivity contribution >= 4 is 22.6 Å². The van der Waals surface area contributed by atoms with Gasteiger partial charge in [0.1, 0.15) is 0 Å². The van der Waals surface area contributed by atoms with E-state index in [1.165, 1.54) is 0 Å². The summed E-state index contributed by atoms with van der Waals surface area (Å²) in [6.07, 6.45) is 0. The largest absolute Gasteiger partial charge is 0.491 e. The van der Waals surface area contributed by atoms with Crippen LogP contribution in [0.25, 0.3) is 0 Å². The molecular formula is C8H5F4IO. The Hall–Kier alpha value is -0.530. The molecule has 0 unspecified atom stereocenters. The first-order valence-corrected chi connectivity index (χ1v) is 5.01. The lowest BCUT2D eigenvalue weighted by molar-refractivity contribution is 0.330. The van der Waals surface area contributed by atoms with Crippen LogP contribution in [-0.4, -0.2) is 7.11 Å². The lowest BCUT2D eigenvalue weighted by Gasteiger charge is -2.08. The molecule has 0 aromatic heterocycles. The molecule has 0 spiro atoms. The highest BCUT2D eigenvalue weighted by molar-refractivity contribution is 14.1. The first-order valence-electron chi connectivity index (χ1n) is 3.49. The van der Waals surface area contributed by atoms with Gasteiger partial charge in [0.15, 0.2) is 17.4 Å². The Bertz CT molecular complexity index is 303. The summed E-state index contributed by atoms with van der Waals surface area (Å²) in [4.78, 5) is 0. The molecule has 0 N–H and O–H groups in total. The summed E-state index contributed by atoms with van der Waals surface area (Å²) in [5.74, 6) is -6.85. The van der Waals surface area contributed by atoms with Gasteiger partial charge >= 0.3 is 0 Å². The quantitative estimate of drug-likeness (QED) is 0.352. The number of methoxy groups -OCH3 is 1. The van der Waals surface area contributed by atoms with Crippen molar-refractivity contribution in [3.63, 3.8) is 0 Å². The van der Waals surface area contributed by atoms with Crippen LogP contribution < -0.4 is 4.74 Å². The van der Waals surface area contributed by atoms with Crippen LogP contribution in [0.3, 0.4) is 0 Å². The second-order valence-electron chi connectivity index (χ2n) is 2.40. The van der Waals surface area contributed by atoms with E-state index in [0.29, 0.717) is 0 Å². The molecule has 0 radical (unpaired) electrons. The van der Waals surface area contributed by atoms with Gasteiger partial charge in [0.25, 0.3) is 0 Å². The van der Waals surface area contributed by atoms with Gasteiger partial charge < -0.3 is 4.74 Å². The van der Waals surface area contributed by atoms with Crippen molar-refractivity contribution in [3.05, 3.63) is 28.8 Å². The van der Waals surface area contributed by atoms with Crippen molar-refractivity contribution in [1.82, 2.24) is 0 Å². The molecular weight excluding hydrogens is 315 g/mol. The van der Waals surface area contributed by atoms with E-state index in [-0.39, 0.29) is 4.43 Å². The standard InChI is InChI=1S/C8H5F4IO/c1-14-8-6(11)4(9)3(2-13)5(10)7(8)12/h2H2,1H3. The number of hydrogen-bond donors (Lipinski definition) is 0. The number of ether oxygens (including phenoxy) is 1. The van der Waals surface area contributed by atoms with Crippen LogP contribution >= 0.6 is 22.6 Å². The van der Waals surface area contributed by atoms with Crippen LogP contribution in [0.5, 0.6) is 5.75 Å². The molecule has 1 aromatic carbocycles. The predicted molar refractivity (Wildman–Crippen MR) is 50.5 cm³/mol. The Labute approximate surface area is 91.2 Å². The smallest absolute Gasteiger partial charge is 0.204 e. The molecule has 1 rings (SSSR count). The molecule has 0 saturated heterocycles. The number of benzene rings is 1. The van der Waals surface area contributed by atoms with Crippen molar-refractivity contribution in [2.75, 3.05) is 7.11 Å². The Kier molecular flexibility index (Phi) is 3.57. The monoisotopic (exact) mass is 320 g/mol. The van der Waals surface area contributed by atoms with Crippen LogP contribution in [0.4, 0.5) is 17.6 Å². The van der Waals surface area contributed by atoms with E-state index in [4.69, 9.17) is 0 Å². The van der Waals surface area contributed by atoms with Gasteiger partial charge in [-0.3, -0.25) is 0 Å². The molecule has 6 heteroatoms. The van der Waals surface area contributed by atoms with Gasteiger partial charge in [-0.2, -0.15) is 8.78 Å². The third kappa shape index (κ3) is 1.67. The SMILES string of the molecule is COc1c(F)c(F)c(CI)c(F)c1F. The number of rotatable bonds is 2. The van der Waals surface area contributed by atoms with Crippen molar-refractivity contribution in [2.45, 2.75) is 4.43 Å². The van der Waals surface area contributed by atoms with E-state index in [1.54, 1.807) is 22.6 Å². The summed E-state index contributed by atoms with van der Waals surface area (Å²) in [5, 5.41) is 0. The van der Waals surface area contributed by atoms with E-state index >= 15 is 0 Å². The fourth-order valence-corrected chi connectivity index (χ4v) is 1.62. The summed E-state index contributed by atoms with van der Waals surface area (Å²) in [7, 11) is 0.935. The summed E-state index contributed by atoms with van der Waals surface area (Å²) in [5.41, 5.74) is -0.624. The molecule has 0 bridgehead atoms. The highest BCUT2D eigenvalue weighted by Crippen LogP contribution is 2.30. The zero-order valence-electron chi connectivity index (χ0n) is 7.01. The number of hydrogen-bond acceptors (Lipinski definition) is 1. The minimum atomic E-state index is -1.50. The topological polar surface area (TPSA) is 9.23 Å². The van der Waals surface area contributed by atoms with Crippen molar-refractivity contribution in [2.24, 2.45) is 0 Å². The number of alkyl halides is 1. The fraction of sp³-hybridized carbons (Fsp3) is 0.250. The summed E-state index contributed by atoms with van der Waals surface area (Å²) in [6, 6.07) is 0. The first kappa shape index (κ1) is 11.5. The van der Waals surface area contributed by atoms with Gasteiger partial charge in [-0.1, -0.05) is 22.6 Å². The van der Waals surface area contributed by atoms with Crippen LogP contribution in [-0.2, 0) is 4.43 Å². The second-order valence-corrected chi connectivity index (χ2v) is 3.16. The Balaban J connectivity index is 3.55. The average Bonchev–Trinajstić information content (AvgIpc) is 2.17. The maximum absolute atomic E-state index is 13.0. The molecule has 0 amide bonds. The molecule has 0 fully saturated rings. The van der Waals surface area contributed by atoms with Crippen LogP contribution in [0, 0.1) is 23.3 Å². The van der Waals surface area contributed by atoms with E-state index in [0.717, 1.165) is 7.11 Å². The van der Waals surface area contributed by atoms with E-state index in [9.17, 15) is 17.6 Å². The Morgan fingerprint density at radius 1 is 1.00 bits per heavy atom. The molecule has 0 heterocycles. The average molecular weight is 320 g/mol. The minimum Gasteiger partial charge on any atom is -0.491 e. The molecule has 0 saturated carbocycles. The van der Waals surface area contributed by atoms with Crippen molar-refractivity contribution in [3.8, 4) is 5.75 Å². The Morgan fingerprint density at radius 3 is 1.71 bits per heavy atom. The lowest BCUT2D eigenvalue weighted by atomic mass is 10.2. The lowest BCUT2D eigenvalue weighted by Crippen LogP contribution is -2.04. The second kappa shape index (κ2) is 4.33. The van der Waals surface area contributed by atoms with Crippen LogP contribution in [0.2, 0.25) is 0 Å². The van der Waals surface area contributed by atoms with Crippen LogP contribution in [0.1, 0.15) is 5.56 Å². The molecule has 0 aliphatic heterocycles. The van der Waals surface area contributed by atoms with Crippen molar-refractivity contribution < 1.29 is 22.3 Å². The molecule has 1 nitrogen and oxygen atoms in total. The van der Waals surface area contributed by atoms with Gasteiger partial charge in [-0.15, -0.1) is 0 Å². The van der Waals surface area contributed by atoms with E-state index < -0.39 is 34.6 Å². The predicted octanol–water partition coefficient (Wildman–Crippen LogP) is 3.19. The fourth-order valence-electron chi connectivity index (χ4n) is 0.954. The molecule has 0 atom stereocenters. The van der Waals surface area contributed by atoms with Gasteiger partial charge in [-0.25, -0.2) is 8.78 Å². The van der Waals surface area contributed by atoms with E-state index in [1.807, 2.05) is 0 Å². The maximum atomic E-state index is 13.0. The molecule has 0 aliphatic carbocycles. The maximum Gasteiger partial charge on any atom is 0.204 e. The third-order valence-corrected chi connectivity index (χ3v) is 2.41. The molecule has 78 valence electrons. The summed E-state index contributed by atoms with van der Waals surface area (Å²) in [6.45, 7) is 0. The Morgan fingerprint density at radius 2 is 1.43 bits per heavy atom. The number of halogens is 5. The van der Waals surface area contributed by atoms with Crippen LogP contribution in [0.15, 0.2) is 0 Å². The van der Waals surface area contributed by atoms with Gasteiger partial charge in [0.05, 0.1) is 7.11 Å². The molecule has 1 aromatic rings. The zero-order valence-corrected chi connectivity index (χ0v) is 9.16. The summed E-state index contributed by atoms with van der Waals surface area (Å²) < 4.78 is 56.1. The van der Waals surface area contributed by atoms with Gasteiger partial charge in [0, 0.05) is 9.99 Å². The van der Waals surface area contributed by atoms with Crippen molar-refractivity contribution in [1.29, 1.82) is 0 Å². The zero-order chi connectivity index (χ0) is 10.9. The van der Waals surface area contributed by atoms with Gasteiger partial charge in [-0.05, 0) is 0 Å². The molecule has 14 heavy (non-hydrogen) atoms. The normalized spacial score (nSPS) is 10.4. The minimum absolute atomic E-state index is 0.159. The third-order valence-electron chi connectivity index (χ3n) is 1.65.